The summed E-state index contributed by atoms with van der Waals surface area (Å²) in [6.45, 7) is 3.43. The quantitative estimate of drug-likeness (QED) is 0.722. The number of amides is 2. The van der Waals surface area contributed by atoms with Crippen LogP contribution in [0.15, 0.2) is 24.3 Å². The van der Waals surface area contributed by atoms with E-state index in [9.17, 15) is 4.79 Å². The van der Waals surface area contributed by atoms with Gasteiger partial charge in [-0.2, -0.15) is 0 Å². The molecule has 0 aliphatic rings. The Hall–Kier alpha value is -1.26. The molecule has 0 fully saturated rings. The molecule has 0 aliphatic heterocycles. The molecule has 112 valence electrons. The fraction of sp³-hybridized carbons (Fsp3) is 0.533. The van der Waals surface area contributed by atoms with Gasteiger partial charge in [0.1, 0.15) is 0 Å². The molecule has 0 saturated carbocycles. The number of ether oxygens (including phenoxy) is 1. The minimum atomic E-state index is -0.135. The lowest BCUT2D eigenvalue weighted by atomic mass is 10.1. The van der Waals surface area contributed by atoms with Crippen molar-refractivity contribution < 1.29 is 9.53 Å². The van der Waals surface area contributed by atoms with Crippen LogP contribution in [-0.4, -0.2) is 26.3 Å². The van der Waals surface area contributed by atoms with Gasteiger partial charge in [-0.1, -0.05) is 30.7 Å². The van der Waals surface area contributed by atoms with Crippen LogP contribution in [0.2, 0.25) is 5.02 Å². The largest absolute Gasteiger partial charge is 0.385 e. The molecule has 2 amide bonds. The third kappa shape index (κ3) is 6.26. The van der Waals surface area contributed by atoms with Crippen LogP contribution in [0, 0.1) is 0 Å². The van der Waals surface area contributed by atoms with E-state index < -0.39 is 0 Å². The Morgan fingerprint density at radius 2 is 2.00 bits per heavy atom. The van der Waals surface area contributed by atoms with Gasteiger partial charge >= 0.3 is 6.03 Å². The van der Waals surface area contributed by atoms with Crippen molar-refractivity contribution in [3.05, 3.63) is 34.9 Å². The Morgan fingerprint density at radius 1 is 1.30 bits per heavy atom. The lowest BCUT2D eigenvalue weighted by Gasteiger charge is -2.18. The van der Waals surface area contributed by atoms with Crippen molar-refractivity contribution >= 4 is 17.6 Å². The zero-order valence-corrected chi connectivity index (χ0v) is 12.9. The zero-order chi connectivity index (χ0) is 14.8. The first-order valence-electron chi connectivity index (χ1n) is 6.96. The average molecular weight is 299 g/mol. The molecule has 0 spiro atoms. The number of urea groups is 1. The van der Waals surface area contributed by atoms with Crippen LogP contribution in [0.5, 0.6) is 0 Å². The topological polar surface area (TPSA) is 50.4 Å². The van der Waals surface area contributed by atoms with Gasteiger partial charge in [0.15, 0.2) is 0 Å². The third-order valence-corrected chi connectivity index (χ3v) is 3.30. The molecule has 2 N–H and O–H groups in total. The molecule has 1 unspecified atom stereocenters. The van der Waals surface area contributed by atoms with Gasteiger partial charge in [-0.05, 0) is 37.0 Å². The minimum absolute atomic E-state index is 0.00578. The SMILES string of the molecule is CCC(NC(=O)NCCCCOC)c1ccc(Cl)cc1. The van der Waals surface area contributed by atoms with Gasteiger partial charge in [-0.3, -0.25) is 0 Å². The van der Waals surface area contributed by atoms with E-state index in [0.29, 0.717) is 11.6 Å². The van der Waals surface area contributed by atoms with Crippen LogP contribution in [0.4, 0.5) is 4.79 Å². The summed E-state index contributed by atoms with van der Waals surface area (Å²) < 4.78 is 4.96. The maximum Gasteiger partial charge on any atom is 0.315 e. The minimum Gasteiger partial charge on any atom is -0.385 e. The molecule has 5 heteroatoms. The summed E-state index contributed by atoms with van der Waals surface area (Å²) in [5.41, 5.74) is 1.06. The van der Waals surface area contributed by atoms with Gasteiger partial charge in [0, 0.05) is 25.3 Å². The summed E-state index contributed by atoms with van der Waals surface area (Å²) in [5.74, 6) is 0. The Kier molecular flexibility index (Phi) is 8.07. The molecular weight excluding hydrogens is 276 g/mol. The summed E-state index contributed by atoms with van der Waals surface area (Å²) in [5, 5.41) is 6.52. The molecule has 1 aromatic rings. The number of nitrogens with one attached hydrogen (secondary N) is 2. The van der Waals surface area contributed by atoms with Crippen molar-refractivity contribution in [1.82, 2.24) is 10.6 Å². The molecule has 0 aromatic heterocycles. The normalized spacial score (nSPS) is 11.9. The molecule has 0 radical (unpaired) electrons. The van der Waals surface area contributed by atoms with Gasteiger partial charge in [-0.25, -0.2) is 4.79 Å². The van der Waals surface area contributed by atoms with Crippen molar-refractivity contribution in [2.24, 2.45) is 0 Å². The molecule has 0 saturated heterocycles. The van der Waals surface area contributed by atoms with Gasteiger partial charge in [0.2, 0.25) is 0 Å². The number of methoxy groups -OCH3 is 1. The summed E-state index contributed by atoms with van der Waals surface area (Å²) in [7, 11) is 1.68. The van der Waals surface area contributed by atoms with E-state index in [1.165, 1.54) is 0 Å². The number of carbonyl (C=O) groups excluding carboxylic acids is 1. The second-order valence-corrected chi connectivity index (χ2v) is 5.05. The molecule has 1 aromatic carbocycles. The number of halogens is 1. The second kappa shape index (κ2) is 9.61. The van der Waals surface area contributed by atoms with E-state index in [2.05, 4.69) is 10.6 Å². The van der Waals surface area contributed by atoms with E-state index in [0.717, 1.165) is 31.4 Å². The maximum atomic E-state index is 11.8. The van der Waals surface area contributed by atoms with Gasteiger partial charge in [0.25, 0.3) is 0 Å². The first-order chi connectivity index (χ1) is 9.67. The first kappa shape index (κ1) is 16.8. The molecule has 4 nitrogen and oxygen atoms in total. The first-order valence-corrected chi connectivity index (χ1v) is 7.34. The number of benzene rings is 1. The van der Waals surface area contributed by atoms with Crippen molar-refractivity contribution in [2.45, 2.75) is 32.2 Å². The standard InChI is InChI=1S/C15H23ClN2O2/c1-3-14(12-6-8-13(16)9-7-12)18-15(19)17-10-4-5-11-20-2/h6-9,14H,3-5,10-11H2,1-2H3,(H2,17,18,19). The highest BCUT2D eigenvalue weighted by Crippen LogP contribution is 2.18. The van der Waals surface area contributed by atoms with E-state index in [1.54, 1.807) is 7.11 Å². The van der Waals surface area contributed by atoms with Crippen LogP contribution in [0.1, 0.15) is 37.8 Å². The molecule has 0 heterocycles. The highest BCUT2D eigenvalue weighted by molar-refractivity contribution is 6.30. The lowest BCUT2D eigenvalue weighted by Crippen LogP contribution is -2.38. The number of hydrogen-bond donors (Lipinski definition) is 2. The average Bonchev–Trinajstić information content (AvgIpc) is 2.45. The Labute approximate surface area is 125 Å². The lowest BCUT2D eigenvalue weighted by molar-refractivity contribution is 0.192. The monoisotopic (exact) mass is 298 g/mol. The summed E-state index contributed by atoms with van der Waals surface area (Å²) >= 11 is 5.87. The summed E-state index contributed by atoms with van der Waals surface area (Å²) in [4.78, 5) is 11.8. The zero-order valence-electron chi connectivity index (χ0n) is 12.1. The number of hydrogen-bond acceptors (Lipinski definition) is 2. The van der Waals surface area contributed by atoms with Crippen LogP contribution in [0.25, 0.3) is 0 Å². The van der Waals surface area contributed by atoms with Crippen molar-refractivity contribution in [3.8, 4) is 0 Å². The molecule has 1 rings (SSSR count). The molecular formula is C15H23ClN2O2. The van der Waals surface area contributed by atoms with Crippen LogP contribution < -0.4 is 10.6 Å². The maximum absolute atomic E-state index is 11.8. The predicted molar refractivity (Wildman–Crippen MR) is 82.1 cm³/mol. The highest BCUT2D eigenvalue weighted by atomic mass is 35.5. The molecule has 1 atom stereocenters. The summed E-state index contributed by atoms with van der Waals surface area (Å²) in [6, 6.07) is 7.42. The van der Waals surface area contributed by atoms with Crippen LogP contribution in [0.3, 0.4) is 0 Å². The molecule has 0 aliphatic carbocycles. The predicted octanol–water partition coefficient (Wildman–Crippen LogP) is 3.52. The Balaban J connectivity index is 2.36. The fourth-order valence-corrected chi connectivity index (χ4v) is 2.02. The van der Waals surface area contributed by atoms with Crippen LogP contribution >= 0.6 is 11.6 Å². The molecule has 0 bridgehead atoms. The smallest absolute Gasteiger partial charge is 0.315 e. The summed E-state index contributed by atoms with van der Waals surface area (Å²) in [6.07, 6.45) is 2.70. The highest BCUT2D eigenvalue weighted by Gasteiger charge is 2.11. The fourth-order valence-electron chi connectivity index (χ4n) is 1.90. The van der Waals surface area contributed by atoms with Crippen LogP contribution in [-0.2, 0) is 4.74 Å². The van der Waals surface area contributed by atoms with E-state index in [-0.39, 0.29) is 12.1 Å². The number of rotatable bonds is 8. The number of carbonyl (C=O) groups is 1. The van der Waals surface area contributed by atoms with Crippen molar-refractivity contribution in [3.63, 3.8) is 0 Å². The second-order valence-electron chi connectivity index (χ2n) is 4.61. The molecule has 20 heavy (non-hydrogen) atoms. The Bertz CT molecular complexity index is 395. The van der Waals surface area contributed by atoms with Gasteiger partial charge in [-0.15, -0.1) is 0 Å². The van der Waals surface area contributed by atoms with E-state index in [1.807, 2.05) is 31.2 Å². The van der Waals surface area contributed by atoms with Gasteiger partial charge in [0.05, 0.1) is 6.04 Å². The van der Waals surface area contributed by atoms with Gasteiger partial charge < -0.3 is 15.4 Å². The van der Waals surface area contributed by atoms with Crippen molar-refractivity contribution in [2.75, 3.05) is 20.3 Å². The van der Waals surface area contributed by atoms with E-state index in [4.69, 9.17) is 16.3 Å². The van der Waals surface area contributed by atoms with Crippen molar-refractivity contribution in [1.29, 1.82) is 0 Å². The number of unbranched alkanes of at least 4 members (excludes halogenated alkanes) is 1. The third-order valence-electron chi connectivity index (χ3n) is 3.05. The Morgan fingerprint density at radius 3 is 2.60 bits per heavy atom. The van der Waals surface area contributed by atoms with E-state index >= 15 is 0 Å².